The number of carbonyl (C=O) groups is 1. The van der Waals surface area contributed by atoms with Gasteiger partial charge in [-0.15, -0.1) is 0 Å². The van der Waals surface area contributed by atoms with E-state index in [0.29, 0.717) is 23.8 Å². The summed E-state index contributed by atoms with van der Waals surface area (Å²) in [5.74, 6) is 0.756. The van der Waals surface area contributed by atoms with Gasteiger partial charge in [0.25, 0.3) is 0 Å². The number of carbonyl (C=O) groups excluding carboxylic acids is 1. The second kappa shape index (κ2) is 7.71. The lowest BCUT2D eigenvalue weighted by Gasteiger charge is -2.33. The third-order valence-corrected chi connectivity index (χ3v) is 4.61. The number of aromatic nitrogens is 3. The molecule has 2 aromatic heterocycles. The lowest BCUT2D eigenvalue weighted by Crippen LogP contribution is -2.45. The van der Waals surface area contributed by atoms with Crippen molar-refractivity contribution in [1.82, 2.24) is 20.0 Å². The van der Waals surface area contributed by atoms with Crippen LogP contribution in [0, 0.1) is 5.92 Å². The molecule has 0 radical (unpaired) electrons. The van der Waals surface area contributed by atoms with E-state index < -0.39 is 0 Å². The number of hydrogen-bond acceptors (Lipinski definition) is 7. The van der Waals surface area contributed by atoms with Crippen molar-refractivity contribution in [3.63, 3.8) is 0 Å². The molecule has 0 aliphatic heterocycles. The van der Waals surface area contributed by atoms with Crippen LogP contribution in [-0.2, 0) is 16.1 Å². The summed E-state index contributed by atoms with van der Waals surface area (Å²) in [6.07, 6.45) is 3.79. The highest BCUT2D eigenvalue weighted by atomic mass is 16.5. The summed E-state index contributed by atoms with van der Waals surface area (Å²) < 4.78 is 10.6. The highest BCUT2D eigenvalue weighted by Crippen LogP contribution is 2.27. The summed E-state index contributed by atoms with van der Waals surface area (Å²) in [5.41, 5.74) is 6.66. The maximum Gasteiger partial charge on any atom is 0.246 e. The Balaban J connectivity index is 1.61. The van der Waals surface area contributed by atoms with Gasteiger partial charge in [0, 0.05) is 32.3 Å². The molecule has 134 valence electrons. The van der Waals surface area contributed by atoms with E-state index in [1.54, 1.807) is 31.3 Å². The average molecular weight is 345 g/mol. The summed E-state index contributed by atoms with van der Waals surface area (Å²) in [6.45, 7) is 0.263. The summed E-state index contributed by atoms with van der Waals surface area (Å²) in [6, 6.07) is 5.48. The van der Waals surface area contributed by atoms with Crippen LogP contribution in [0.25, 0.3) is 11.5 Å². The van der Waals surface area contributed by atoms with Crippen molar-refractivity contribution in [3.8, 4) is 11.5 Å². The van der Waals surface area contributed by atoms with Crippen molar-refractivity contribution < 1.29 is 14.1 Å². The molecule has 2 N–H and O–H groups in total. The molecule has 3 atom stereocenters. The summed E-state index contributed by atoms with van der Waals surface area (Å²) in [7, 11) is 3.38. The van der Waals surface area contributed by atoms with Crippen LogP contribution in [0.2, 0.25) is 0 Å². The minimum absolute atomic E-state index is 0.00349. The molecule has 1 aliphatic carbocycles. The van der Waals surface area contributed by atoms with Gasteiger partial charge in [0.05, 0.1) is 12.6 Å². The van der Waals surface area contributed by atoms with E-state index in [4.69, 9.17) is 15.0 Å². The Morgan fingerprint density at radius 1 is 1.44 bits per heavy atom. The third-order valence-electron chi connectivity index (χ3n) is 4.61. The molecule has 25 heavy (non-hydrogen) atoms. The van der Waals surface area contributed by atoms with Gasteiger partial charge in [0.15, 0.2) is 0 Å². The number of nitrogens with two attached hydrogens (primary N) is 1. The van der Waals surface area contributed by atoms with Gasteiger partial charge < -0.3 is 19.9 Å². The van der Waals surface area contributed by atoms with Crippen molar-refractivity contribution in [2.75, 3.05) is 14.2 Å². The van der Waals surface area contributed by atoms with Crippen molar-refractivity contribution in [2.45, 2.75) is 38.0 Å². The first-order chi connectivity index (χ1) is 12.1. The van der Waals surface area contributed by atoms with Gasteiger partial charge >= 0.3 is 0 Å². The van der Waals surface area contributed by atoms with E-state index in [2.05, 4.69) is 15.1 Å². The van der Waals surface area contributed by atoms with Crippen LogP contribution in [0.15, 0.2) is 28.9 Å². The number of pyridine rings is 1. The highest BCUT2D eigenvalue weighted by Gasteiger charge is 2.33. The van der Waals surface area contributed by atoms with Gasteiger partial charge in [-0.1, -0.05) is 11.2 Å². The quantitative estimate of drug-likeness (QED) is 0.868. The van der Waals surface area contributed by atoms with E-state index in [9.17, 15) is 4.79 Å². The predicted octanol–water partition coefficient (Wildman–Crippen LogP) is 1.23. The zero-order chi connectivity index (χ0) is 17.8. The SMILES string of the molecule is CO[C@H]1C[C@@H](C(=O)N(C)Cc2nc(-c3ccccn3)no2)CC[C@@H]1N. The van der Waals surface area contributed by atoms with E-state index >= 15 is 0 Å². The Morgan fingerprint density at radius 2 is 2.28 bits per heavy atom. The highest BCUT2D eigenvalue weighted by molar-refractivity contribution is 5.78. The molecule has 0 aromatic carbocycles. The fourth-order valence-electron chi connectivity index (χ4n) is 3.16. The molecule has 0 saturated heterocycles. The molecule has 1 amide bonds. The molecule has 8 nitrogen and oxygen atoms in total. The molecule has 2 aromatic rings. The Kier molecular flexibility index (Phi) is 5.40. The van der Waals surface area contributed by atoms with Gasteiger partial charge in [-0.3, -0.25) is 9.78 Å². The van der Waals surface area contributed by atoms with Gasteiger partial charge in [0.2, 0.25) is 17.6 Å². The summed E-state index contributed by atoms with van der Waals surface area (Å²) in [5, 5.41) is 3.92. The fraction of sp³-hybridized carbons (Fsp3) is 0.529. The van der Waals surface area contributed by atoms with Gasteiger partial charge in [-0.2, -0.15) is 4.98 Å². The smallest absolute Gasteiger partial charge is 0.246 e. The first-order valence-electron chi connectivity index (χ1n) is 8.36. The molecule has 1 fully saturated rings. The average Bonchev–Trinajstić information content (AvgIpc) is 3.10. The molecule has 2 heterocycles. The van der Waals surface area contributed by atoms with Crippen LogP contribution in [0.5, 0.6) is 0 Å². The predicted molar refractivity (Wildman–Crippen MR) is 90.1 cm³/mol. The third kappa shape index (κ3) is 4.02. The summed E-state index contributed by atoms with van der Waals surface area (Å²) >= 11 is 0. The molecular weight excluding hydrogens is 322 g/mol. The monoisotopic (exact) mass is 345 g/mol. The number of amides is 1. The molecule has 3 rings (SSSR count). The van der Waals surface area contributed by atoms with Crippen molar-refractivity contribution >= 4 is 5.91 Å². The minimum Gasteiger partial charge on any atom is -0.380 e. The standard InChI is InChI=1S/C17H23N5O3/c1-22(17(23)11-6-7-12(18)14(9-11)24-2)10-15-20-16(21-25-15)13-5-3-4-8-19-13/h3-5,8,11-12,14H,6-7,9-10,18H2,1-2H3/t11-,12-,14-/m0/s1. The second-order valence-electron chi connectivity index (χ2n) is 6.37. The maximum absolute atomic E-state index is 12.7. The lowest BCUT2D eigenvalue weighted by molar-refractivity contribution is -0.138. The molecule has 0 unspecified atom stereocenters. The Hall–Kier alpha value is -2.32. The van der Waals surface area contributed by atoms with Crippen molar-refractivity contribution in [2.24, 2.45) is 11.7 Å². The zero-order valence-electron chi connectivity index (χ0n) is 14.5. The number of ether oxygens (including phenoxy) is 1. The zero-order valence-corrected chi connectivity index (χ0v) is 14.5. The van der Waals surface area contributed by atoms with Crippen molar-refractivity contribution in [3.05, 3.63) is 30.3 Å². The Labute approximate surface area is 146 Å². The number of rotatable bonds is 5. The molecule has 8 heteroatoms. The Morgan fingerprint density at radius 3 is 3.00 bits per heavy atom. The normalized spacial score (nSPS) is 23.4. The van der Waals surface area contributed by atoms with Crippen LogP contribution in [0.3, 0.4) is 0 Å². The first kappa shape index (κ1) is 17.5. The van der Waals surface area contributed by atoms with Gasteiger partial charge in [-0.05, 0) is 31.4 Å². The van der Waals surface area contributed by atoms with Crippen LogP contribution in [0.4, 0.5) is 0 Å². The minimum atomic E-state index is -0.0899. The van der Waals surface area contributed by atoms with Crippen LogP contribution in [0.1, 0.15) is 25.2 Å². The second-order valence-corrected chi connectivity index (χ2v) is 6.37. The molecule has 1 saturated carbocycles. The van der Waals surface area contributed by atoms with E-state index in [0.717, 1.165) is 12.8 Å². The van der Waals surface area contributed by atoms with Crippen LogP contribution in [-0.4, -0.2) is 52.2 Å². The first-order valence-corrected chi connectivity index (χ1v) is 8.36. The lowest BCUT2D eigenvalue weighted by atomic mass is 9.83. The van der Waals surface area contributed by atoms with Gasteiger partial charge in [-0.25, -0.2) is 0 Å². The molecule has 0 spiro atoms. The molecular formula is C17H23N5O3. The van der Waals surface area contributed by atoms with Crippen LogP contribution >= 0.6 is 0 Å². The van der Waals surface area contributed by atoms with Crippen molar-refractivity contribution in [1.29, 1.82) is 0 Å². The largest absolute Gasteiger partial charge is 0.380 e. The molecule has 0 bridgehead atoms. The number of hydrogen-bond donors (Lipinski definition) is 1. The van der Waals surface area contributed by atoms with E-state index in [1.165, 1.54) is 0 Å². The van der Waals surface area contributed by atoms with E-state index in [-0.39, 0.29) is 30.5 Å². The van der Waals surface area contributed by atoms with Crippen LogP contribution < -0.4 is 5.73 Å². The Bertz CT molecular complexity index is 705. The topological polar surface area (TPSA) is 107 Å². The molecule has 1 aliphatic rings. The number of nitrogens with zero attached hydrogens (tertiary/aromatic N) is 4. The van der Waals surface area contributed by atoms with Gasteiger partial charge in [0.1, 0.15) is 5.69 Å². The number of methoxy groups -OCH3 is 1. The fourth-order valence-corrected chi connectivity index (χ4v) is 3.16. The maximum atomic E-state index is 12.7. The van der Waals surface area contributed by atoms with E-state index in [1.807, 2.05) is 12.1 Å². The summed E-state index contributed by atoms with van der Waals surface area (Å²) in [4.78, 5) is 22.8.